The van der Waals surface area contributed by atoms with Gasteiger partial charge in [0.25, 0.3) is 0 Å². The molecule has 3 aliphatic carbocycles. The first-order valence-electron chi connectivity index (χ1n) is 44.5. The SMILES string of the molecule is C.CC(C)(C)[S@@](=O)NC(CCC1CC1)(c1cccc(C#N)c1)c1ccc(F)c(NC(=O)[C@H]2CC(=O)CN2C(=O)Nc2ccc(Cl)cc2)c1.CC(C)(C)[S@@](=O)NC(CCC1CC1)(c1cccc(C#N)c1)c1ccc(F)c(NC(=O)[C@H]2C[C@H](O)CN2C(=O)Nc2ccc(Cl)cc2)c1.Cl.N#Cc1cccc(C(N)(CCC2CC2)c2ccc(F)c(NC(=O)[C@H]3CC(=O)CN3C(=O)Nc3ccc(Cl)cc3)c2)c1. The van der Waals surface area contributed by atoms with Crippen LogP contribution in [0.1, 0.15) is 195 Å². The van der Waals surface area contributed by atoms with E-state index in [1.165, 1.54) is 41.3 Å². The maximum Gasteiger partial charge on any atom is 0.322 e. The van der Waals surface area contributed by atoms with E-state index in [-0.39, 0.29) is 87.4 Å². The Kier molecular flexibility index (Phi) is 35.1. The van der Waals surface area contributed by atoms with Crippen LogP contribution in [-0.2, 0) is 62.6 Å². The number of ketones is 2. The van der Waals surface area contributed by atoms with Gasteiger partial charge in [-0.3, -0.25) is 24.0 Å². The highest BCUT2D eigenvalue weighted by Crippen LogP contribution is 2.47. The molecule has 9 amide bonds. The molecule has 26 nitrogen and oxygen atoms in total. The third kappa shape index (κ3) is 26.9. The monoisotopic (exact) mass is 1980 g/mol. The van der Waals surface area contributed by atoms with Gasteiger partial charge in [-0.15, -0.1) is 12.4 Å². The standard InChI is InChI=1S/C35H39ClFN5O4S.C35H37ClFN5O4S.C31H29ClFN5O3.CH4.ClH/c2*1-34(2,3)47(46)41-35(16-15-22-7-8-22,24-6-4-5-23(17-24)20-38)25-9-14-29(37)30(18-25)40-32(44)31-19-28(43)21-42(31)33(45)39-27-12-10-26(36)11-13-27;32-23-7-9-24(10-8-23)36-30(41)38-18-25(39)16-28(38)29(40)37-27-15-22(6-11-26(27)33)31(35,13-12-19-4-5-19)21-3-1-2-20(14-21)17-34;;/h4-6,9-14,17-18,22,28,31,41,43H,7-8,15-16,19,21H2,1-3H3,(H,39,45)(H,40,44);4-6,9-14,17-18,22,31,41H,7-8,15-16,19,21H2,1-3H3,(H,39,45)(H,40,44);1-3,6-11,14-15,19,28H,4-5,12-13,16,18,35H2,(H,36,41)(H,37,40);1H4;1H/t28-,31+,35?,47+;31-,35?,47-;28-,31?;;/m011../s1. The van der Waals surface area contributed by atoms with Gasteiger partial charge in [0.1, 0.15) is 35.6 Å². The van der Waals surface area contributed by atoms with Crippen molar-refractivity contribution >= 4 is 151 Å². The number of likely N-dealkylation sites (tertiary alicyclic amines) is 3. The van der Waals surface area contributed by atoms with Gasteiger partial charge < -0.3 is 57.4 Å². The van der Waals surface area contributed by atoms with E-state index in [1.54, 1.807) is 146 Å². The van der Waals surface area contributed by atoms with Crippen LogP contribution >= 0.6 is 47.2 Å². The van der Waals surface area contributed by atoms with Crippen LogP contribution in [0.3, 0.4) is 0 Å². The molecular weight excluding hydrogens is 1870 g/mol. The summed E-state index contributed by atoms with van der Waals surface area (Å²) in [5.74, 6) is -3.17. The summed E-state index contributed by atoms with van der Waals surface area (Å²) < 4.78 is 78.9. The van der Waals surface area contributed by atoms with E-state index in [4.69, 9.17) is 40.5 Å². The zero-order valence-electron chi connectivity index (χ0n) is 75.6. The van der Waals surface area contributed by atoms with Crippen molar-refractivity contribution < 1.29 is 65.1 Å². The predicted octanol–water partition coefficient (Wildman–Crippen LogP) is 19.7. The second-order valence-corrected chi connectivity index (χ2v) is 42.2. The minimum atomic E-state index is -1.58. The Labute approximate surface area is 821 Å². The first kappa shape index (κ1) is 106. The fourth-order valence-electron chi connectivity index (χ4n) is 16.5. The van der Waals surface area contributed by atoms with Crippen molar-refractivity contribution in [2.24, 2.45) is 23.5 Å². The number of hydrogen-bond acceptors (Lipinski definition) is 15. The molecule has 9 aromatic carbocycles. The summed E-state index contributed by atoms with van der Waals surface area (Å²) in [6, 6.07) is 54.6. The summed E-state index contributed by atoms with van der Waals surface area (Å²) in [7, 11) is -3.15. The lowest BCUT2D eigenvalue weighted by Crippen LogP contribution is -2.49. The molecular formula is C102H110Cl4F3N15O11S2. The lowest BCUT2D eigenvalue weighted by Gasteiger charge is -2.38. The van der Waals surface area contributed by atoms with Crippen LogP contribution in [0.5, 0.6) is 0 Å². The van der Waals surface area contributed by atoms with Gasteiger partial charge in [0.15, 0.2) is 11.6 Å². The maximum atomic E-state index is 15.5. The summed E-state index contributed by atoms with van der Waals surface area (Å²) >= 11 is 17.8. The number of hydrogen-bond donors (Lipinski definition) is 10. The number of Topliss-reactive ketones (excluding diaryl/α,β-unsaturated/α-hetero) is 2. The van der Waals surface area contributed by atoms with Crippen LogP contribution < -0.4 is 47.1 Å². The first-order valence-corrected chi connectivity index (χ1v) is 47.9. The van der Waals surface area contributed by atoms with Crippen LogP contribution in [0.4, 0.5) is 61.7 Å². The number of nitriles is 3. The number of aliphatic hydroxyl groups excluding tert-OH is 1. The van der Waals surface area contributed by atoms with Gasteiger partial charge in [0, 0.05) is 57.9 Å². The minimum Gasteiger partial charge on any atom is -0.391 e. The largest absolute Gasteiger partial charge is 0.391 e. The van der Waals surface area contributed by atoms with E-state index >= 15 is 13.2 Å². The molecule has 0 radical (unpaired) electrons. The van der Waals surface area contributed by atoms with Crippen LogP contribution in [0.15, 0.2) is 200 Å². The minimum absolute atomic E-state index is 0. The number of β-amino-alcohol motifs (C(OH)–C–C–N with tert-alkyl or cyclic N) is 1. The highest BCUT2D eigenvalue weighted by Gasteiger charge is 2.47. The van der Waals surface area contributed by atoms with Crippen LogP contribution in [-0.4, -0.2) is 129 Å². The zero-order valence-corrected chi connectivity index (χ0v) is 80.3. The molecule has 9 aromatic rings. The quantitative estimate of drug-likeness (QED) is 0.0218. The number of aliphatic hydroxyl groups is 1. The molecule has 15 rings (SSSR count). The number of carbonyl (C=O) groups is 8. The second kappa shape index (κ2) is 45.6. The number of carbonyl (C=O) groups excluding carboxylic acids is 8. The Hall–Kier alpha value is -11.9. The average Bonchev–Trinajstić information content (AvgIpc) is 0.790. The number of halogens is 7. The molecule has 3 heterocycles. The average molecular weight is 1990 g/mol. The van der Waals surface area contributed by atoms with Crippen molar-refractivity contribution in [3.8, 4) is 18.2 Å². The molecule has 35 heteroatoms. The number of nitrogens with two attached hydrogens (primary N) is 1. The number of nitrogens with zero attached hydrogens (tertiary/aromatic N) is 6. The fraction of sp³-hybridized carbons (Fsp3) is 0.363. The van der Waals surface area contributed by atoms with Crippen LogP contribution in [0, 0.1) is 69.2 Å². The molecule has 3 saturated carbocycles. The number of nitrogens with one attached hydrogen (secondary N) is 8. The van der Waals surface area contributed by atoms with Crippen molar-refractivity contribution in [3.05, 3.63) is 283 Å². The van der Waals surface area contributed by atoms with E-state index < -0.39 is 126 Å². The highest BCUT2D eigenvalue weighted by atomic mass is 35.5. The van der Waals surface area contributed by atoms with Crippen molar-refractivity contribution in [1.82, 2.24) is 24.1 Å². The number of amides is 9. The third-order valence-electron chi connectivity index (χ3n) is 24.7. The topological polar surface area (TPSA) is 394 Å². The Bertz CT molecular complexity index is 6170. The van der Waals surface area contributed by atoms with Gasteiger partial charge in [-0.05, 0) is 277 Å². The number of urea groups is 3. The van der Waals surface area contributed by atoms with Gasteiger partial charge in [0.05, 0.1) is 119 Å². The van der Waals surface area contributed by atoms with Gasteiger partial charge >= 0.3 is 18.1 Å². The van der Waals surface area contributed by atoms with Gasteiger partial charge in [-0.2, -0.15) is 15.8 Å². The Morgan fingerprint density at radius 1 is 0.431 bits per heavy atom. The molecule has 0 bridgehead atoms. The van der Waals surface area contributed by atoms with E-state index in [2.05, 4.69) is 59.6 Å². The van der Waals surface area contributed by atoms with Crippen LogP contribution in [0.2, 0.25) is 15.1 Å². The van der Waals surface area contributed by atoms with E-state index in [0.717, 1.165) is 67.6 Å². The molecule has 3 aliphatic heterocycles. The molecule has 3 unspecified atom stereocenters. The van der Waals surface area contributed by atoms with Gasteiger partial charge in [-0.25, -0.2) is 45.4 Å². The summed E-state index contributed by atoms with van der Waals surface area (Å²) in [5.41, 5.74) is 9.83. The van der Waals surface area contributed by atoms with Crippen molar-refractivity contribution in [2.75, 3.05) is 51.5 Å². The molecule has 0 spiro atoms. The fourth-order valence-corrected chi connectivity index (χ4v) is 18.8. The van der Waals surface area contributed by atoms with E-state index in [0.29, 0.717) is 119 Å². The Balaban J connectivity index is 0.000000196. The second-order valence-electron chi connectivity index (χ2n) is 37.0. The van der Waals surface area contributed by atoms with Gasteiger partial charge in [0.2, 0.25) is 17.7 Å². The Morgan fingerprint density at radius 3 is 1.07 bits per heavy atom. The van der Waals surface area contributed by atoms with Crippen LogP contribution in [0.25, 0.3) is 0 Å². The molecule has 137 heavy (non-hydrogen) atoms. The zero-order chi connectivity index (χ0) is 97.0. The summed E-state index contributed by atoms with van der Waals surface area (Å²) in [6.07, 6.45) is 9.32. The maximum absolute atomic E-state index is 15.5. The summed E-state index contributed by atoms with van der Waals surface area (Å²) in [5, 5.41) is 56.6. The van der Waals surface area contributed by atoms with Crippen molar-refractivity contribution in [3.63, 3.8) is 0 Å². The van der Waals surface area contributed by atoms with Crippen molar-refractivity contribution in [1.29, 1.82) is 15.8 Å². The summed E-state index contributed by atoms with van der Waals surface area (Å²) in [6.45, 7) is 10.5. The Morgan fingerprint density at radius 2 is 0.730 bits per heavy atom. The number of rotatable bonds is 28. The van der Waals surface area contributed by atoms with E-state index in [1.807, 2.05) is 59.7 Å². The molecule has 0 aromatic heterocycles. The molecule has 9 atom stereocenters. The first-order chi connectivity index (χ1) is 64.2. The molecule has 3 saturated heterocycles. The van der Waals surface area contributed by atoms with Crippen molar-refractivity contribution in [2.45, 2.75) is 196 Å². The smallest absolute Gasteiger partial charge is 0.322 e. The predicted molar refractivity (Wildman–Crippen MR) is 530 cm³/mol. The van der Waals surface area contributed by atoms with Gasteiger partial charge in [-0.1, -0.05) is 135 Å². The summed E-state index contributed by atoms with van der Waals surface area (Å²) in [4.78, 5) is 108. The number of benzene rings is 9. The number of anilines is 6. The molecule has 6 fully saturated rings. The molecule has 11 N–H and O–H groups in total. The third-order valence-corrected chi connectivity index (χ3v) is 28.8. The normalized spacial score (nSPS) is 18.4. The van der Waals surface area contributed by atoms with E-state index in [9.17, 15) is 67.7 Å². The highest BCUT2D eigenvalue weighted by molar-refractivity contribution is 7.84. The molecule has 6 aliphatic rings. The lowest BCUT2D eigenvalue weighted by atomic mass is 9.79. The lowest BCUT2D eigenvalue weighted by molar-refractivity contribution is -0.121. The molecule has 720 valence electrons.